The van der Waals surface area contributed by atoms with Crippen LogP contribution < -0.4 is 5.32 Å². The van der Waals surface area contributed by atoms with Gasteiger partial charge in [0.1, 0.15) is 5.76 Å². The lowest BCUT2D eigenvalue weighted by Crippen LogP contribution is -2.52. The molecule has 152 valence electrons. The van der Waals surface area contributed by atoms with Crippen LogP contribution in [-0.2, 0) is 4.79 Å². The average molecular weight is 405 g/mol. The first-order chi connectivity index (χ1) is 13.3. The molecule has 1 N–H and O–H groups in total. The van der Waals surface area contributed by atoms with Gasteiger partial charge in [-0.25, -0.2) is 0 Å². The van der Waals surface area contributed by atoms with Gasteiger partial charge in [-0.15, -0.1) is 5.10 Å². The summed E-state index contributed by atoms with van der Waals surface area (Å²) in [5.41, 5.74) is -0.163. The van der Waals surface area contributed by atoms with Gasteiger partial charge >= 0.3 is 0 Å². The van der Waals surface area contributed by atoms with Gasteiger partial charge in [0.05, 0.1) is 6.26 Å². The van der Waals surface area contributed by atoms with Crippen molar-refractivity contribution in [1.82, 2.24) is 19.8 Å². The summed E-state index contributed by atoms with van der Waals surface area (Å²) in [6.45, 7) is 7.98. The Kier molecular flexibility index (Phi) is 6.17. The quantitative estimate of drug-likeness (QED) is 0.819. The van der Waals surface area contributed by atoms with Crippen LogP contribution in [0.4, 0.5) is 0 Å². The van der Waals surface area contributed by atoms with Crippen LogP contribution in [0.2, 0.25) is 0 Å². The zero-order chi connectivity index (χ0) is 20.3. The first-order valence-corrected chi connectivity index (χ1v) is 10.5. The Morgan fingerprint density at radius 3 is 2.54 bits per heavy atom. The van der Waals surface area contributed by atoms with Crippen molar-refractivity contribution in [1.29, 1.82) is 0 Å². The summed E-state index contributed by atoms with van der Waals surface area (Å²) in [6, 6.07) is 2.59. The topological polar surface area (TPSA) is 88.3 Å². The molecule has 8 heteroatoms. The second kappa shape index (κ2) is 8.43. The highest BCUT2D eigenvalue weighted by Gasteiger charge is 2.41. The molecule has 7 nitrogen and oxygen atoms in total. The van der Waals surface area contributed by atoms with E-state index in [1.807, 2.05) is 20.8 Å². The van der Waals surface area contributed by atoms with E-state index in [-0.39, 0.29) is 23.6 Å². The third-order valence-electron chi connectivity index (χ3n) is 5.03. The zero-order valence-electron chi connectivity index (χ0n) is 16.8. The highest BCUT2D eigenvalue weighted by molar-refractivity contribution is 7.03. The molecule has 0 radical (unpaired) electrons. The average Bonchev–Trinajstić information content (AvgIpc) is 3.32. The number of nitrogens with one attached hydrogen (secondary N) is 1. The summed E-state index contributed by atoms with van der Waals surface area (Å²) < 4.78 is 9.43. The molecule has 0 saturated heterocycles. The summed E-state index contributed by atoms with van der Waals surface area (Å²) in [5.74, 6) is 0.549. The SMILES string of the molecule is CC1CCC(N(C(=O)c2csnn2)C(C(=O)NC(C)(C)C)c2ccco2)CC1. The molecule has 1 fully saturated rings. The molecule has 1 unspecified atom stereocenters. The van der Waals surface area contributed by atoms with Crippen LogP contribution in [0.15, 0.2) is 28.2 Å². The fourth-order valence-electron chi connectivity index (χ4n) is 3.68. The number of hydrogen-bond acceptors (Lipinski definition) is 6. The van der Waals surface area contributed by atoms with Gasteiger partial charge in [-0.05, 0) is 76.0 Å². The normalized spacial score (nSPS) is 21.1. The van der Waals surface area contributed by atoms with E-state index in [1.165, 1.54) is 6.26 Å². The Labute approximate surface area is 169 Å². The Balaban J connectivity index is 2.00. The molecule has 2 aromatic rings. The predicted octanol–water partition coefficient (Wildman–Crippen LogP) is 3.81. The molecule has 2 heterocycles. The molecular formula is C20H28N4O3S. The third-order valence-corrected chi connectivity index (χ3v) is 5.53. The van der Waals surface area contributed by atoms with Gasteiger partial charge < -0.3 is 14.6 Å². The number of furan rings is 1. The maximum atomic E-state index is 13.4. The van der Waals surface area contributed by atoms with Crippen molar-refractivity contribution in [2.75, 3.05) is 0 Å². The van der Waals surface area contributed by atoms with Crippen LogP contribution in [-0.4, -0.2) is 37.9 Å². The lowest BCUT2D eigenvalue weighted by molar-refractivity contribution is -0.129. The molecule has 0 spiro atoms. The van der Waals surface area contributed by atoms with E-state index in [1.54, 1.807) is 22.4 Å². The molecule has 1 aliphatic carbocycles. The van der Waals surface area contributed by atoms with Crippen LogP contribution in [0.3, 0.4) is 0 Å². The van der Waals surface area contributed by atoms with Crippen molar-refractivity contribution < 1.29 is 14.0 Å². The lowest BCUT2D eigenvalue weighted by Gasteiger charge is -2.40. The summed E-state index contributed by atoms with van der Waals surface area (Å²) in [5, 5.41) is 8.60. The Morgan fingerprint density at radius 2 is 2.00 bits per heavy atom. The molecule has 0 aliphatic heterocycles. The van der Waals surface area contributed by atoms with Crippen molar-refractivity contribution in [3.63, 3.8) is 0 Å². The van der Waals surface area contributed by atoms with Gasteiger partial charge in [-0.1, -0.05) is 11.4 Å². The van der Waals surface area contributed by atoms with E-state index in [4.69, 9.17) is 4.42 Å². The number of carbonyl (C=O) groups excluding carboxylic acids is 2. The number of nitrogens with zero attached hydrogens (tertiary/aromatic N) is 3. The van der Waals surface area contributed by atoms with Crippen LogP contribution in [0.1, 0.15) is 75.7 Å². The maximum Gasteiger partial charge on any atom is 0.276 e. The number of rotatable bonds is 5. The van der Waals surface area contributed by atoms with E-state index in [0.29, 0.717) is 11.7 Å². The second-order valence-corrected chi connectivity index (χ2v) is 9.18. The minimum atomic E-state index is -0.846. The van der Waals surface area contributed by atoms with Crippen molar-refractivity contribution in [2.24, 2.45) is 5.92 Å². The predicted molar refractivity (Wildman–Crippen MR) is 107 cm³/mol. The molecule has 2 aromatic heterocycles. The fraction of sp³-hybridized carbons (Fsp3) is 0.600. The van der Waals surface area contributed by atoms with Gasteiger partial charge in [0.25, 0.3) is 11.8 Å². The summed E-state index contributed by atoms with van der Waals surface area (Å²) in [6.07, 6.45) is 5.28. The van der Waals surface area contributed by atoms with Crippen LogP contribution in [0, 0.1) is 5.92 Å². The molecule has 1 aliphatic rings. The van der Waals surface area contributed by atoms with Gasteiger partial charge in [0.2, 0.25) is 0 Å². The van der Waals surface area contributed by atoms with E-state index in [0.717, 1.165) is 37.2 Å². The molecule has 3 rings (SSSR count). The van der Waals surface area contributed by atoms with Crippen LogP contribution >= 0.6 is 11.5 Å². The van der Waals surface area contributed by atoms with E-state index >= 15 is 0 Å². The molecule has 2 amide bonds. The summed E-state index contributed by atoms with van der Waals surface area (Å²) in [4.78, 5) is 28.4. The minimum Gasteiger partial charge on any atom is -0.467 e. The van der Waals surface area contributed by atoms with Crippen molar-refractivity contribution >= 4 is 23.3 Å². The molecule has 0 aromatic carbocycles. The van der Waals surface area contributed by atoms with Crippen molar-refractivity contribution in [3.8, 4) is 0 Å². The Morgan fingerprint density at radius 1 is 1.29 bits per heavy atom. The summed E-state index contributed by atoms with van der Waals surface area (Å²) in [7, 11) is 0. The van der Waals surface area contributed by atoms with E-state index in [2.05, 4.69) is 21.8 Å². The smallest absolute Gasteiger partial charge is 0.276 e. The lowest BCUT2D eigenvalue weighted by atomic mass is 9.85. The van der Waals surface area contributed by atoms with Crippen molar-refractivity contribution in [3.05, 3.63) is 35.2 Å². The first-order valence-electron chi connectivity index (χ1n) is 9.71. The van der Waals surface area contributed by atoms with Crippen LogP contribution in [0.5, 0.6) is 0 Å². The largest absolute Gasteiger partial charge is 0.467 e. The molecule has 1 atom stereocenters. The monoisotopic (exact) mass is 404 g/mol. The fourth-order valence-corrected chi connectivity index (χ4v) is 4.11. The van der Waals surface area contributed by atoms with Gasteiger partial charge in [-0.3, -0.25) is 9.59 Å². The minimum absolute atomic E-state index is 0.0498. The van der Waals surface area contributed by atoms with E-state index < -0.39 is 11.6 Å². The number of aromatic nitrogens is 2. The van der Waals surface area contributed by atoms with E-state index in [9.17, 15) is 9.59 Å². The van der Waals surface area contributed by atoms with Gasteiger partial charge in [-0.2, -0.15) is 0 Å². The summed E-state index contributed by atoms with van der Waals surface area (Å²) >= 11 is 1.13. The second-order valence-electron chi connectivity index (χ2n) is 8.57. The Bertz CT molecular complexity index is 775. The maximum absolute atomic E-state index is 13.4. The van der Waals surface area contributed by atoms with Gasteiger partial charge in [0, 0.05) is 17.0 Å². The number of hydrogen-bond donors (Lipinski definition) is 1. The van der Waals surface area contributed by atoms with Gasteiger partial charge in [0.15, 0.2) is 11.7 Å². The standard InChI is InChI=1S/C20H28N4O3S/c1-13-7-9-14(10-8-13)24(19(26)15-12-28-23-22-15)17(16-6-5-11-27-16)18(25)21-20(2,3)4/h5-6,11-14,17H,7-10H2,1-4H3,(H,21,25). The molecular weight excluding hydrogens is 376 g/mol. The highest BCUT2D eigenvalue weighted by Crippen LogP contribution is 2.34. The Hall–Kier alpha value is -2.22. The zero-order valence-corrected chi connectivity index (χ0v) is 17.7. The molecule has 1 saturated carbocycles. The first kappa shape index (κ1) is 20.5. The van der Waals surface area contributed by atoms with Crippen LogP contribution in [0.25, 0.3) is 0 Å². The van der Waals surface area contributed by atoms with Crippen molar-refractivity contribution in [2.45, 2.75) is 71.0 Å². The number of amides is 2. The highest BCUT2D eigenvalue weighted by atomic mass is 32.1. The molecule has 0 bridgehead atoms. The number of carbonyl (C=O) groups is 2. The third kappa shape index (κ3) is 4.79. The molecule has 28 heavy (non-hydrogen) atoms.